The molecule has 0 saturated heterocycles. The van der Waals surface area contributed by atoms with Crippen molar-refractivity contribution < 1.29 is 70.2 Å². The highest BCUT2D eigenvalue weighted by Gasteiger charge is 2.43. The number of alkyl halides is 12. The van der Waals surface area contributed by atoms with E-state index in [0.29, 0.717) is 48.5 Å². The molecule has 0 bridgehead atoms. The Balaban J connectivity index is 1.69. The molecular weight excluding hydrogens is 896 g/mol. The number of hydrogen-bond acceptors (Lipinski definition) is 8. The van der Waals surface area contributed by atoms with Crippen LogP contribution in [0.15, 0.2) is 82.8 Å². The van der Waals surface area contributed by atoms with Crippen molar-refractivity contribution >= 4 is 11.4 Å². The molecule has 7 rings (SSSR count). The quantitative estimate of drug-likeness (QED) is 0.128. The second-order valence-electron chi connectivity index (χ2n) is 13.1. The van der Waals surface area contributed by atoms with Gasteiger partial charge in [0, 0.05) is 22.3 Å². The minimum absolute atomic E-state index is 0.0808. The predicted octanol–water partition coefficient (Wildman–Crippen LogP) is 11.5. The van der Waals surface area contributed by atoms with Gasteiger partial charge in [-0.25, -0.2) is 37.5 Å². The first-order chi connectivity index (χ1) is 29.8. The van der Waals surface area contributed by atoms with E-state index < -0.39 is 149 Å². The van der Waals surface area contributed by atoms with Crippen LogP contribution in [-0.4, -0.2) is 31.4 Å². The highest BCUT2D eigenvalue weighted by Crippen LogP contribution is 2.47. The van der Waals surface area contributed by atoms with Gasteiger partial charge in [0.15, 0.2) is 0 Å². The summed E-state index contributed by atoms with van der Waals surface area (Å²) in [6.07, 6.45) is -19.6. The minimum Gasteiger partial charge on any atom is -0.241 e. The summed E-state index contributed by atoms with van der Waals surface area (Å²) in [6.45, 7) is 0. The molecule has 0 atom stereocenters. The second-order valence-corrected chi connectivity index (χ2v) is 13.1. The first-order valence-electron chi connectivity index (χ1n) is 17.1. The van der Waals surface area contributed by atoms with Crippen LogP contribution in [0.3, 0.4) is 0 Å². The molecule has 24 heteroatoms. The molecule has 0 unspecified atom stereocenters. The van der Waals surface area contributed by atoms with Crippen LogP contribution in [0.5, 0.6) is 0 Å². The highest BCUT2D eigenvalue weighted by atomic mass is 19.4. The van der Waals surface area contributed by atoms with Crippen LogP contribution in [0.2, 0.25) is 0 Å². The van der Waals surface area contributed by atoms with Crippen molar-refractivity contribution in [2.75, 3.05) is 0 Å². The van der Waals surface area contributed by atoms with Gasteiger partial charge in [-0.15, -0.1) is 0 Å². The molecule has 2 heterocycles. The minimum atomic E-state index is -5.51. The summed E-state index contributed by atoms with van der Waals surface area (Å²) in [7, 11) is 0. The monoisotopic (exact) mass is 908 g/mol. The Hall–Kier alpha value is -7.76. The zero-order chi connectivity index (χ0) is 46.8. The fourth-order valence-corrected chi connectivity index (χ4v) is 6.65. The Morgan fingerprint density at radius 2 is 0.547 bits per heavy atom. The van der Waals surface area contributed by atoms with Gasteiger partial charge in [-0.05, 0) is 72.8 Å². The van der Waals surface area contributed by atoms with Crippen molar-refractivity contribution in [3.05, 3.63) is 141 Å². The Labute approximate surface area is 345 Å². The third-order valence-corrected chi connectivity index (χ3v) is 9.18. The van der Waals surface area contributed by atoms with Crippen LogP contribution in [0.1, 0.15) is 45.0 Å². The van der Waals surface area contributed by atoms with Gasteiger partial charge in [-0.2, -0.15) is 73.2 Å². The van der Waals surface area contributed by atoms with Gasteiger partial charge in [-0.1, -0.05) is 0 Å². The summed E-state index contributed by atoms with van der Waals surface area (Å²) in [5.41, 5.74) is -23.5. The zero-order valence-corrected chi connectivity index (χ0v) is 30.6. The van der Waals surface area contributed by atoms with E-state index in [1.807, 2.05) is 0 Å². The number of rotatable bonds is 4. The lowest BCUT2D eigenvalue weighted by Gasteiger charge is -2.25. The third-order valence-electron chi connectivity index (χ3n) is 9.18. The molecule has 2 aromatic heterocycles. The van der Waals surface area contributed by atoms with Gasteiger partial charge in [0.1, 0.15) is 57.5 Å². The molecule has 0 spiro atoms. The predicted molar refractivity (Wildman–Crippen MR) is 188 cm³/mol. The number of aliphatic imine (C=N–C) groups is 2. The lowest BCUT2D eigenvalue weighted by Crippen LogP contribution is -2.29. The molecule has 64 heavy (non-hydrogen) atoms. The van der Waals surface area contributed by atoms with Crippen molar-refractivity contribution in [1.29, 1.82) is 10.5 Å². The van der Waals surface area contributed by atoms with Crippen molar-refractivity contribution in [3.8, 4) is 57.4 Å². The molecule has 1 aliphatic rings. The van der Waals surface area contributed by atoms with E-state index >= 15 is 0 Å². The lowest BCUT2D eigenvalue weighted by atomic mass is 9.90. The number of aromatic nitrogens is 4. The average Bonchev–Trinajstić information content (AvgIpc) is 3.20. The standard InChI is InChI=1S/C40H12F16N8/c41-15-1-5-19(23(9-15)37(45,46)47)27-28(20-6-2-16(42)10-24(20)38(48,49)50)62-34-32(60-14-58)36-35(31(59-13-57)33(34)61-27)63-29(21-7-3-17(43)11-25(21)39(51,52)53)30(64-36)22-8-4-18(44)12-26(22)40(54,55)56/h1-12H. The first-order valence-corrected chi connectivity index (χ1v) is 17.1. The summed E-state index contributed by atoms with van der Waals surface area (Å²) in [6, 6.07) is 3.04. The smallest absolute Gasteiger partial charge is 0.241 e. The van der Waals surface area contributed by atoms with E-state index in [2.05, 4.69) is 29.9 Å². The molecule has 0 amide bonds. The summed E-state index contributed by atoms with van der Waals surface area (Å²) < 4.78 is 232. The van der Waals surface area contributed by atoms with Crippen LogP contribution in [0.25, 0.3) is 45.0 Å². The fourth-order valence-electron chi connectivity index (χ4n) is 6.65. The fraction of sp³-hybridized carbons (Fsp3) is 0.100. The van der Waals surface area contributed by atoms with E-state index in [9.17, 15) is 80.8 Å². The van der Waals surface area contributed by atoms with Gasteiger partial charge in [0.05, 0.1) is 45.0 Å². The van der Waals surface area contributed by atoms with E-state index in [-0.39, 0.29) is 24.3 Å². The van der Waals surface area contributed by atoms with Crippen LogP contribution in [0.4, 0.5) is 70.2 Å². The molecule has 324 valence electrons. The molecule has 8 nitrogen and oxygen atoms in total. The van der Waals surface area contributed by atoms with Crippen LogP contribution in [0, 0.1) is 46.2 Å². The molecule has 1 aliphatic carbocycles. The van der Waals surface area contributed by atoms with E-state index in [1.54, 1.807) is 0 Å². The van der Waals surface area contributed by atoms with Crippen molar-refractivity contribution in [2.45, 2.75) is 24.7 Å². The Kier molecular flexibility index (Phi) is 10.8. The second kappa shape index (κ2) is 15.5. The number of halogens is 16. The Morgan fingerprint density at radius 3 is 0.719 bits per heavy atom. The number of nitriles is 2. The maximum absolute atomic E-state index is 14.5. The van der Waals surface area contributed by atoms with Gasteiger partial charge < -0.3 is 0 Å². The van der Waals surface area contributed by atoms with Crippen LogP contribution >= 0.6 is 0 Å². The normalized spacial score (nSPS) is 12.9. The Bertz CT molecular complexity index is 2690. The number of nitrogens with zero attached hydrogens (tertiary/aromatic N) is 8. The van der Waals surface area contributed by atoms with Gasteiger partial charge in [-0.3, -0.25) is 0 Å². The molecule has 4 aromatic carbocycles. The molecule has 0 saturated carbocycles. The molecule has 0 N–H and O–H groups in total. The summed E-state index contributed by atoms with van der Waals surface area (Å²) in [4.78, 5) is 23.2. The topological polar surface area (TPSA) is 124 Å². The SMILES string of the molecule is N#CN=C1c2nc(-c3ccc(F)cc3C(F)(F)F)c(-c3ccc(F)cc3C(F)(F)F)nc2C(=NC#N)c2nc(-c3ccc(F)cc3C(F)(F)F)c(-c3ccc(F)cc3C(F)(F)F)nc21. The van der Waals surface area contributed by atoms with Gasteiger partial charge >= 0.3 is 24.7 Å². The summed E-state index contributed by atoms with van der Waals surface area (Å²) in [5.74, 6) is -6.06. The molecule has 0 fully saturated rings. The lowest BCUT2D eigenvalue weighted by molar-refractivity contribution is -0.138. The third kappa shape index (κ3) is 8.05. The van der Waals surface area contributed by atoms with Crippen molar-refractivity contribution in [3.63, 3.8) is 0 Å². The largest absolute Gasteiger partial charge is 0.417 e. The van der Waals surface area contributed by atoms with Crippen LogP contribution in [-0.2, 0) is 24.7 Å². The highest BCUT2D eigenvalue weighted by molar-refractivity contribution is 6.29. The molecular formula is C40H12F16N8. The average molecular weight is 909 g/mol. The number of fused-ring (bicyclic) bond motifs is 2. The first kappa shape index (κ1) is 44.3. The zero-order valence-electron chi connectivity index (χ0n) is 30.6. The molecule has 0 radical (unpaired) electrons. The molecule has 0 aliphatic heterocycles. The van der Waals surface area contributed by atoms with E-state index in [0.717, 1.165) is 0 Å². The van der Waals surface area contributed by atoms with Crippen molar-refractivity contribution in [2.24, 2.45) is 9.98 Å². The maximum Gasteiger partial charge on any atom is 0.417 e. The van der Waals surface area contributed by atoms with Gasteiger partial charge in [0.25, 0.3) is 0 Å². The molecule has 6 aromatic rings. The van der Waals surface area contributed by atoms with E-state index in [1.165, 1.54) is 12.4 Å². The maximum atomic E-state index is 14.5. The van der Waals surface area contributed by atoms with Crippen LogP contribution < -0.4 is 0 Å². The van der Waals surface area contributed by atoms with Gasteiger partial charge in [0.2, 0.25) is 12.4 Å². The number of hydrogen-bond donors (Lipinski definition) is 0. The van der Waals surface area contributed by atoms with E-state index in [4.69, 9.17) is 0 Å². The Morgan fingerprint density at radius 1 is 0.344 bits per heavy atom. The van der Waals surface area contributed by atoms with Crippen molar-refractivity contribution in [1.82, 2.24) is 19.9 Å². The summed E-state index contributed by atoms with van der Waals surface area (Å²) >= 11 is 0. The summed E-state index contributed by atoms with van der Waals surface area (Å²) in [5, 5.41) is 19.6. The number of benzene rings is 4.